The number of carbonyl (C=O) groups is 2. The van der Waals surface area contributed by atoms with E-state index in [9.17, 15) is 14.0 Å². The van der Waals surface area contributed by atoms with Crippen LogP contribution in [0.3, 0.4) is 0 Å². The molecule has 0 aliphatic heterocycles. The van der Waals surface area contributed by atoms with Crippen LogP contribution in [0.5, 0.6) is 5.75 Å². The van der Waals surface area contributed by atoms with Crippen molar-refractivity contribution >= 4 is 39.1 Å². The fourth-order valence-electron chi connectivity index (χ4n) is 1.57. The van der Waals surface area contributed by atoms with Crippen molar-refractivity contribution in [3.05, 3.63) is 50.9 Å². The molecule has 0 bridgehead atoms. The smallest absolute Gasteiger partial charge is 0.344 e. The number of hydrogen-bond donors (Lipinski definition) is 1. The van der Waals surface area contributed by atoms with Crippen LogP contribution in [0.2, 0.25) is 0 Å². The first-order valence-electron chi connectivity index (χ1n) is 6.57. The summed E-state index contributed by atoms with van der Waals surface area (Å²) in [5.74, 6) is -1.19. The van der Waals surface area contributed by atoms with Gasteiger partial charge >= 0.3 is 5.97 Å². The highest BCUT2D eigenvalue weighted by molar-refractivity contribution is 9.10. The van der Waals surface area contributed by atoms with Gasteiger partial charge in [0.25, 0.3) is 5.91 Å². The van der Waals surface area contributed by atoms with E-state index in [2.05, 4.69) is 21.2 Å². The average molecular weight is 402 g/mol. The minimum atomic E-state index is -0.688. The van der Waals surface area contributed by atoms with Gasteiger partial charge in [-0.3, -0.25) is 4.79 Å². The van der Waals surface area contributed by atoms with Gasteiger partial charge in [0.05, 0.1) is 11.0 Å². The van der Waals surface area contributed by atoms with Crippen molar-refractivity contribution in [3.63, 3.8) is 0 Å². The molecule has 1 aromatic heterocycles. The van der Waals surface area contributed by atoms with Gasteiger partial charge in [-0.25, -0.2) is 9.18 Å². The predicted molar refractivity (Wildman–Crippen MR) is 86.7 cm³/mol. The van der Waals surface area contributed by atoms with Crippen LogP contribution >= 0.6 is 27.3 Å². The Bertz CT molecular complexity index is 678. The zero-order valence-corrected chi connectivity index (χ0v) is 14.3. The second kappa shape index (κ2) is 8.64. The van der Waals surface area contributed by atoms with Crippen molar-refractivity contribution < 1.29 is 23.5 Å². The molecule has 0 fully saturated rings. The molecule has 0 aliphatic carbocycles. The average Bonchev–Trinajstić information content (AvgIpc) is 3.03. The van der Waals surface area contributed by atoms with Crippen molar-refractivity contribution in [1.82, 2.24) is 5.32 Å². The van der Waals surface area contributed by atoms with Gasteiger partial charge in [-0.05, 0) is 45.6 Å². The number of benzene rings is 1. The second-order valence-electron chi connectivity index (χ2n) is 4.38. The molecule has 2 aromatic rings. The number of amides is 1. The number of nitrogens with one attached hydrogen (secondary N) is 1. The number of ether oxygens (including phenoxy) is 2. The summed E-state index contributed by atoms with van der Waals surface area (Å²) in [5.41, 5.74) is 0. The molecule has 2 rings (SSSR count). The van der Waals surface area contributed by atoms with Crippen LogP contribution < -0.4 is 10.1 Å². The summed E-state index contributed by atoms with van der Waals surface area (Å²) in [7, 11) is 0. The molecular weight excluding hydrogens is 389 g/mol. The van der Waals surface area contributed by atoms with Crippen molar-refractivity contribution in [2.75, 3.05) is 13.2 Å². The van der Waals surface area contributed by atoms with Crippen LogP contribution in [0.25, 0.3) is 0 Å². The minimum absolute atomic E-state index is 0.311. The molecule has 0 unspecified atom stereocenters. The van der Waals surface area contributed by atoms with E-state index in [0.29, 0.717) is 16.8 Å². The lowest BCUT2D eigenvalue weighted by atomic mass is 10.3. The number of thiophene rings is 1. The lowest BCUT2D eigenvalue weighted by Gasteiger charge is -2.08. The Hall–Kier alpha value is -1.93. The number of rotatable bonds is 7. The highest BCUT2D eigenvalue weighted by Crippen LogP contribution is 2.25. The van der Waals surface area contributed by atoms with Crippen LogP contribution in [0, 0.1) is 5.82 Å². The van der Waals surface area contributed by atoms with E-state index in [4.69, 9.17) is 9.47 Å². The van der Waals surface area contributed by atoms with Gasteiger partial charge in [0, 0.05) is 4.88 Å². The van der Waals surface area contributed by atoms with E-state index >= 15 is 0 Å². The lowest BCUT2D eigenvalue weighted by molar-refractivity contribution is -0.150. The van der Waals surface area contributed by atoms with Crippen LogP contribution in [0.1, 0.15) is 4.88 Å². The van der Waals surface area contributed by atoms with E-state index in [-0.39, 0.29) is 13.2 Å². The molecule has 0 atom stereocenters. The predicted octanol–water partition coefficient (Wildman–Crippen LogP) is 2.89. The third kappa shape index (κ3) is 5.99. The quantitative estimate of drug-likeness (QED) is 0.724. The summed E-state index contributed by atoms with van der Waals surface area (Å²) < 4.78 is 23.3. The van der Waals surface area contributed by atoms with Crippen molar-refractivity contribution in [2.45, 2.75) is 6.54 Å². The first-order chi connectivity index (χ1) is 11.0. The van der Waals surface area contributed by atoms with Gasteiger partial charge in [-0.15, -0.1) is 11.3 Å². The Morgan fingerprint density at radius 2 is 2.09 bits per heavy atom. The first kappa shape index (κ1) is 17.4. The van der Waals surface area contributed by atoms with Crippen LogP contribution in [-0.2, 0) is 20.9 Å². The van der Waals surface area contributed by atoms with Crippen molar-refractivity contribution in [1.29, 1.82) is 0 Å². The fourth-order valence-corrected chi connectivity index (χ4v) is 2.68. The third-order valence-corrected chi connectivity index (χ3v) is 4.14. The zero-order chi connectivity index (χ0) is 16.7. The van der Waals surface area contributed by atoms with Crippen LogP contribution in [0.15, 0.2) is 40.2 Å². The van der Waals surface area contributed by atoms with E-state index in [1.54, 1.807) is 0 Å². The number of carbonyl (C=O) groups excluding carboxylic acids is 2. The Balaban J connectivity index is 1.67. The monoisotopic (exact) mass is 401 g/mol. The maximum atomic E-state index is 12.9. The standard InChI is InChI=1S/C15H13BrFNO4S/c16-12-6-10(17)3-4-13(12)21-9-15(20)22-8-14(19)18-7-11-2-1-5-23-11/h1-6H,7-9H2,(H,18,19). The van der Waals surface area contributed by atoms with Crippen LogP contribution in [-0.4, -0.2) is 25.1 Å². The molecule has 1 N–H and O–H groups in total. The maximum Gasteiger partial charge on any atom is 0.344 e. The first-order valence-corrected chi connectivity index (χ1v) is 8.24. The number of hydrogen-bond acceptors (Lipinski definition) is 5. The molecule has 0 saturated heterocycles. The maximum absolute atomic E-state index is 12.9. The highest BCUT2D eigenvalue weighted by Gasteiger charge is 2.10. The normalized spacial score (nSPS) is 10.2. The molecular formula is C15H13BrFNO4S. The SMILES string of the molecule is O=C(COC(=O)COc1ccc(F)cc1Br)NCc1cccs1. The largest absolute Gasteiger partial charge is 0.481 e. The van der Waals surface area contributed by atoms with Gasteiger partial charge in [0.15, 0.2) is 13.2 Å². The zero-order valence-electron chi connectivity index (χ0n) is 11.9. The van der Waals surface area contributed by atoms with Crippen molar-refractivity contribution in [2.24, 2.45) is 0 Å². The summed E-state index contributed by atoms with van der Waals surface area (Å²) in [6, 6.07) is 7.60. The molecule has 0 radical (unpaired) electrons. The fraction of sp³-hybridized carbons (Fsp3) is 0.200. The molecule has 122 valence electrons. The van der Waals surface area contributed by atoms with Gasteiger partial charge < -0.3 is 14.8 Å². The Morgan fingerprint density at radius 1 is 1.26 bits per heavy atom. The van der Waals surface area contributed by atoms with Gasteiger partial charge in [-0.1, -0.05) is 6.07 Å². The summed E-state index contributed by atoms with van der Waals surface area (Å²) >= 11 is 4.64. The molecule has 8 heteroatoms. The molecule has 1 amide bonds. The van der Waals surface area contributed by atoms with Crippen LogP contribution in [0.4, 0.5) is 4.39 Å². The Labute approximate surface area is 144 Å². The van der Waals surface area contributed by atoms with E-state index in [1.807, 2.05) is 17.5 Å². The lowest BCUT2D eigenvalue weighted by Crippen LogP contribution is -2.29. The molecule has 5 nitrogen and oxygen atoms in total. The van der Waals surface area contributed by atoms with Gasteiger partial charge in [-0.2, -0.15) is 0 Å². The Kier molecular flexibility index (Phi) is 6.54. The topological polar surface area (TPSA) is 64.6 Å². The molecule has 1 heterocycles. The van der Waals surface area contributed by atoms with E-state index < -0.39 is 17.7 Å². The van der Waals surface area contributed by atoms with Gasteiger partial charge in [0.2, 0.25) is 0 Å². The summed E-state index contributed by atoms with van der Waals surface area (Å²) in [6.07, 6.45) is 0. The summed E-state index contributed by atoms with van der Waals surface area (Å²) in [6.45, 7) is -0.354. The minimum Gasteiger partial charge on any atom is -0.481 e. The van der Waals surface area contributed by atoms with E-state index in [1.165, 1.54) is 29.5 Å². The van der Waals surface area contributed by atoms with Gasteiger partial charge in [0.1, 0.15) is 11.6 Å². The molecule has 0 saturated carbocycles. The number of halogens is 2. The molecule has 1 aromatic carbocycles. The molecule has 23 heavy (non-hydrogen) atoms. The number of esters is 1. The second-order valence-corrected chi connectivity index (χ2v) is 6.27. The summed E-state index contributed by atoms with van der Waals surface area (Å²) in [5, 5.41) is 4.54. The van der Waals surface area contributed by atoms with Crippen molar-refractivity contribution in [3.8, 4) is 5.75 Å². The summed E-state index contributed by atoms with van der Waals surface area (Å²) in [4.78, 5) is 24.1. The Morgan fingerprint density at radius 3 is 2.78 bits per heavy atom. The molecule has 0 spiro atoms. The third-order valence-electron chi connectivity index (χ3n) is 2.64. The highest BCUT2D eigenvalue weighted by atomic mass is 79.9. The molecule has 0 aliphatic rings. The van der Waals surface area contributed by atoms with E-state index in [0.717, 1.165) is 4.88 Å².